The van der Waals surface area contributed by atoms with Gasteiger partial charge in [0.2, 0.25) is 0 Å². The molecule has 3 atom stereocenters. The van der Waals surface area contributed by atoms with E-state index in [1.54, 1.807) is 11.3 Å². The van der Waals surface area contributed by atoms with Crippen LogP contribution >= 0.6 is 23.1 Å². The summed E-state index contributed by atoms with van der Waals surface area (Å²) in [5.74, 6) is 1.22. The SMILES string of the molecule is CCSC1CCCC1NC(C)c1cnc2ccsc2c1. The molecular formula is C16H22N2S2. The van der Waals surface area contributed by atoms with Crippen molar-refractivity contribution in [3.63, 3.8) is 0 Å². The van der Waals surface area contributed by atoms with Crippen molar-refractivity contribution in [2.75, 3.05) is 5.75 Å². The lowest BCUT2D eigenvalue weighted by Gasteiger charge is -2.24. The van der Waals surface area contributed by atoms with Gasteiger partial charge in [0.15, 0.2) is 0 Å². The summed E-state index contributed by atoms with van der Waals surface area (Å²) in [6, 6.07) is 5.43. The summed E-state index contributed by atoms with van der Waals surface area (Å²) in [6.07, 6.45) is 6.08. The third-order valence-corrected chi connectivity index (χ3v) is 6.30. The molecule has 4 heteroatoms. The van der Waals surface area contributed by atoms with E-state index >= 15 is 0 Å². The summed E-state index contributed by atoms with van der Waals surface area (Å²) in [5, 5.41) is 6.74. The van der Waals surface area contributed by atoms with Gasteiger partial charge in [0, 0.05) is 23.5 Å². The van der Waals surface area contributed by atoms with Crippen molar-refractivity contribution in [2.45, 2.75) is 50.4 Å². The third kappa shape index (κ3) is 3.02. The van der Waals surface area contributed by atoms with Crippen molar-refractivity contribution in [1.82, 2.24) is 10.3 Å². The van der Waals surface area contributed by atoms with E-state index < -0.39 is 0 Å². The first kappa shape index (κ1) is 14.4. The van der Waals surface area contributed by atoms with Gasteiger partial charge in [0.05, 0.1) is 10.2 Å². The molecule has 2 aromatic rings. The fourth-order valence-electron chi connectivity index (χ4n) is 3.05. The number of thioether (sulfide) groups is 1. The smallest absolute Gasteiger partial charge is 0.0809 e. The predicted octanol–water partition coefficient (Wildman–Crippen LogP) is 4.62. The van der Waals surface area contributed by atoms with E-state index in [1.807, 2.05) is 6.20 Å². The third-order valence-electron chi connectivity index (χ3n) is 4.12. The zero-order valence-electron chi connectivity index (χ0n) is 12.1. The van der Waals surface area contributed by atoms with Crippen molar-refractivity contribution in [2.24, 2.45) is 0 Å². The second-order valence-corrected chi connectivity index (χ2v) is 7.96. The van der Waals surface area contributed by atoms with Gasteiger partial charge in [0.1, 0.15) is 0 Å². The Morgan fingerprint density at radius 2 is 2.40 bits per heavy atom. The Morgan fingerprint density at radius 3 is 3.25 bits per heavy atom. The Labute approximate surface area is 129 Å². The summed E-state index contributed by atoms with van der Waals surface area (Å²) in [6.45, 7) is 4.53. The largest absolute Gasteiger partial charge is 0.306 e. The normalized spacial score (nSPS) is 24.3. The van der Waals surface area contributed by atoms with E-state index in [2.05, 4.69) is 53.4 Å². The van der Waals surface area contributed by atoms with Gasteiger partial charge in [-0.25, -0.2) is 0 Å². The van der Waals surface area contributed by atoms with Gasteiger partial charge in [0.25, 0.3) is 0 Å². The molecule has 0 saturated heterocycles. The zero-order valence-corrected chi connectivity index (χ0v) is 13.8. The van der Waals surface area contributed by atoms with Gasteiger partial charge in [-0.1, -0.05) is 13.3 Å². The quantitative estimate of drug-likeness (QED) is 0.872. The summed E-state index contributed by atoms with van der Waals surface area (Å²) >= 11 is 3.89. The molecule has 1 aliphatic carbocycles. The molecule has 2 heterocycles. The van der Waals surface area contributed by atoms with Crippen LogP contribution in [0.25, 0.3) is 10.2 Å². The van der Waals surface area contributed by atoms with Gasteiger partial charge in [-0.3, -0.25) is 4.98 Å². The topological polar surface area (TPSA) is 24.9 Å². The molecule has 1 saturated carbocycles. The first-order valence-corrected chi connectivity index (χ1v) is 9.41. The standard InChI is InChI=1S/C16H22N2S2/c1-3-19-15-6-4-5-14(15)18-11(2)12-9-16-13(17-10-12)7-8-20-16/h7-11,14-15,18H,3-6H2,1-2H3. The van der Waals surface area contributed by atoms with Crippen molar-refractivity contribution < 1.29 is 0 Å². The minimum absolute atomic E-state index is 0.386. The molecule has 2 aromatic heterocycles. The average Bonchev–Trinajstić information content (AvgIpc) is 3.07. The number of nitrogens with one attached hydrogen (secondary N) is 1. The van der Waals surface area contributed by atoms with Gasteiger partial charge >= 0.3 is 0 Å². The van der Waals surface area contributed by atoms with Gasteiger partial charge in [-0.05, 0) is 48.6 Å². The van der Waals surface area contributed by atoms with Crippen molar-refractivity contribution >= 4 is 33.3 Å². The lowest BCUT2D eigenvalue weighted by molar-refractivity contribution is 0.467. The highest BCUT2D eigenvalue weighted by molar-refractivity contribution is 7.99. The van der Waals surface area contributed by atoms with E-state index in [0.29, 0.717) is 12.1 Å². The van der Waals surface area contributed by atoms with Gasteiger partial charge < -0.3 is 5.32 Å². The number of fused-ring (bicyclic) bond motifs is 1. The maximum Gasteiger partial charge on any atom is 0.0809 e. The van der Waals surface area contributed by atoms with Crippen molar-refractivity contribution in [3.05, 3.63) is 29.3 Å². The maximum atomic E-state index is 4.56. The first-order chi connectivity index (χ1) is 9.78. The molecule has 20 heavy (non-hydrogen) atoms. The molecule has 1 fully saturated rings. The highest BCUT2D eigenvalue weighted by atomic mass is 32.2. The number of pyridine rings is 1. The van der Waals surface area contributed by atoms with Crippen LogP contribution in [0, 0.1) is 0 Å². The average molecular weight is 307 g/mol. The van der Waals surface area contributed by atoms with Crippen LogP contribution in [0.2, 0.25) is 0 Å². The van der Waals surface area contributed by atoms with E-state index in [-0.39, 0.29) is 0 Å². The molecule has 1 N–H and O–H groups in total. The van der Waals surface area contributed by atoms with Crippen LogP contribution in [0.3, 0.4) is 0 Å². The molecule has 3 rings (SSSR count). The van der Waals surface area contributed by atoms with Gasteiger partial charge in [-0.2, -0.15) is 11.8 Å². The zero-order chi connectivity index (χ0) is 13.9. The summed E-state index contributed by atoms with van der Waals surface area (Å²) in [4.78, 5) is 4.56. The van der Waals surface area contributed by atoms with Crippen molar-refractivity contribution in [1.29, 1.82) is 0 Å². The number of nitrogens with zero attached hydrogens (tertiary/aromatic N) is 1. The molecule has 0 aliphatic heterocycles. The van der Waals surface area contributed by atoms with Crippen molar-refractivity contribution in [3.8, 4) is 0 Å². The van der Waals surface area contributed by atoms with E-state index in [0.717, 1.165) is 10.8 Å². The van der Waals surface area contributed by atoms with Gasteiger partial charge in [-0.15, -0.1) is 11.3 Å². The summed E-state index contributed by atoms with van der Waals surface area (Å²) in [7, 11) is 0. The predicted molar refractivity (Wildman–Crippen MR) is 90.7 cm³/mol. The van der Waals surface area contributed by atoms with Crippen LogP contribution in [0.15, 0.2) is 23.7 Å². The number of rotatable bonds is 5. The lowest BCUT2D eigenvalue weighted by atomic mass is 10.1. The van der Waals surface area contributed by atoms with E-state index in [1.165, 1.54) is 35.3 Å². The number of hydrogen-bond donors (Lipinski definition) is 1. The molecule has 0 aromatic carbocycles. The minimum atomic E-state index is 0.386. The second kappa shape index (κ2) is 6.46. The van der Waals surface area contributed by atoms with Crippen LogP contribution < -0.4 is 5.32 Å². The number of aromatic nitrogens is 1. The summed E-state index contributed by atoms with van der Waals surface area (Å²) < 4.78 is 1.29. The molecule has 108 valence electrons. The monoisotopic (exact) mass is 306 g/mol. The molecule has 0 amide bonds. The molecular weight excluding hydrogens is 284 g/mol. The Bertz CT molecular complexity index is 566. The lowest BCUT2D eigenvalue weighted by Crippen LogP contribution is -2.36. The van der Waals surface area contributed by atoms with Crippen LogP contribution in [0.1, 0.15) is 44.7 Å². The van der Waals surface area contributed by atoms with E-state index in [4.69, 9.17) is 0 Å². The van der Waals surface area contributed by atoms with Crippen LogP contribution in [0.5, 0.6) is 0 Å². The highest BCUT2D eigenvalue weighted by Crippen LogP contribution is 2.32. The van der Waals surface area contributed by atoms with Crippen LogP contribution in [0.4, 0.5) is 0 Å². The van der Waals surface area contributed by atoms with E-state index in [9.17, 15) is 0 Å². The molecule has 1 aliphatic rings. The fraction of sp³-hybridized carbons (Fsp3) is 0.562. The first-order valence-electron chi connectivity index (χ1n) is 7.48. The van der Waals surface area contributed by atoms with Crippen LogP contribution in [-0.4, -0.2) is 22.0 Å². The molecule has 0 radical (unpaired) electrons. The molecule has 3 unspecified atom stereocenters. The summed E-state index contributed by atoms with van der Waals surface area (Å²) in [5.41, 5.74) is 2.43. The molecule has 0 bridgehead atoms. The highest BCUT2D eigenvalue weighted by Gasteiger charge is 2.28. The Hall–Kier alpha value is -0.580. The Morgan fingerprint density at radius 1 is 1.50 bits per heavy atom. The molecule has 2 nitrogen and oxygen atoms in total. The second-order valence-electron chi connectivity index (χ2n) is 5.49. The Kier molecular flexibility index (Phi) is 4.64. The fourth-order valence-corrected chi connectivity index (χ4v) is 5.04. The Balaban J connectivity index is 1.70. The number of hydrogen-bond acceptors (Lipinski definition) is 4. The molecule has 0 spiro atoms. The number of thiophene rings is 1. The van der Waals surface area contributed by atoms with Crippen LogP contribution in [-0.2, 0) is 0 Å². The maximum absolute atomic E-state index is 4.56. The minimum Gasteiger partial charge on any atom is -0.306 e.